The molecule has 1 fully saturated rings. The van der Waals surface area contributed by atoms with E-state index in [0.29, 0.717) is 0 Å². The second-order valence-corrected chi connectivity index (χ2v) is 7.51. The predicted molar refractivity (Wildman–Crippen MR) is 101 cm³/mol. The summed E-state index contributed by atoms with van der Waals surface area (Å²) in [5.41, 5.74) is 2.24. The van der Waals surface area contributed by atoms with Gasteiger partial charge in [-0.1, -0.05) is 18.1 Å². The van der Waals surface area contributed by atoms with E-state index in [4.69, 9.17) is 0 Å². The Balaban J connectivity index is 1.58. The molecule has 1 saturated heterocycles. The van der Waals surface area contributed by atoms with E-state index in [0.717, 1.165) is 60.7 Å². The van der Waals surface area contributed by atoms with Crippen LogP contribution in [-0.2, 0) is 13.0 Å². The lowest BCUT2D eigenvalue weighted by Crippen LogP contribution is -2.26. The highest BCUT2D eigenvalue weighted by Crippen LogP contribution is 2.38. The third kappa shape index (κ3) is 2.55. The summed E-state index contributed by atoms with van der Waals surface area (Å²) in [5, 5.41) is 10.3. The molecule has 5 rings (SSSR count). The average Bonchev–Trinajstić information content (AvgIpc) is 3.22. The molecule has 2 aliphatic rings. The Hall–Kier alpha value is -2.50. The van der Waals surface area contributed by atoms with Crippen LogP contribution in [0.15, 0.2) is 24.5 Å². The van der Waals surface area contributed by atoms with Crippen molar-refractivity contribution in [2.24, 2.45) is 0 Å². The van der Waals surface area contributed by atoms with Crippen LogP contribution in [0, 0.1) is 6.92 Å². The summed E-state index contributed by atoms with van der Waals surface area (Å²) in [6, 6.07) is 6.65. The van der Waals surface area contributed by atoms with Gasteiger partial charge in [-0.2, -0.15) is 0 Å². The number of anilines is 1. The summed E-state index contributed by atoms with van der Waals surface area (Å²) in [6.07, 6.45) is 8.73. The van der Waals surface area contributed by atoms with Crippen molar-refractivity contribution in [3.8, 4) is 0 Å². The van der Waals surface area contributed by atoms with Gasteiger partial charge in [-0.15, -0.1) is 10.2 Å². The van der Waals surface area contributed by atoms with Gasteiger partial charge >= 0.3 is 0 Å². The Kier molecular flexibility index (Phi) is 3.84. The Morgan fingerprint density at radius 1 is 1.00 bits per heavy atom. The summed E-state index contributed by atoms with van der Waals surface area (Å²) in [6.45, 7) is 4.18. The maximum atomic E-state index is 4.68. The van der Waals surface area contributed by atoms with Crippen LogP contribution in [0.3, 0.4) is 0 Å². The largest absolute Gasteiger partial charge is 0.346 e. The molecule has 0 N–H and O–H groups in total. The number of aromatic nitrogens is 5. The van der Waals surface area contributed by atoms with Gasteiger partial charge in [-0.3, -0.25) is 0 Å². The van der Waals surface area contributed by atoms with Crippen molar-refractivity contribution < 1.29 is 0 Å². The number of rotatable bonds is 2. The summed E-state index contributed by atoms with van der Waals surface area (Å²) < 4.78 is 2.38. The molecule has 0 bridgehead atoms. The van der Waals surface area contributed by atoms with Gasteiger partial charge in [-0.05, 0) is 44.7 Å². The first-order chi connectivity index (χ1) is 12.8. The van der Waals surface area contributed by atoms with Gasteiger partial charge in [0.2, 0.25) is 0 Å². The van der Waals surface area contributed by atoms with Crippen molar-refractivity contribution in [2.75, 3.05) is 11.4 Å². The van der Waals surface area contributed by atoms with Crippen LogP contribution in [0.5, 0.6) is 0 Å². The van der Waals surface area contributed by atoms with Crippen LogP contribution in [0.25, 0.3) is 10.9 Å². The molecule has 134 valence electrons. The van der Waals surface area contributed by atoms with Crippen LogP contribution in [0.1, 0.15) is 55.4 Å². The van der Waals surface area contributed by atoms with Gasteiger partial charge < -0.3 is 9.47 Å². The van der Waals surface area contributed by atoms with E-state index >= 15 is 0 Å². The van der Waals surface area contributed by atoms with E-state index in [1.165, 1.54) is 24.8 Å². The fourth-order valence-corrected chi connectivity index (χ4v) is 4.43. The normalized spacial score (nSPS) is 20.3. The number of benzene rings is 1. The third-order valence-electron chi connectivity index (χ3n) is 5.73. The monoisotopic (exact) mass is 348 g/mol. The quantitative estimate of drug-likeness (QED) is 0.708. The van der Waals surface area contributed by atoms with Gasteiger partial charge in [0, 0.05) is 24.9 Å². The topological polar surface area (TPSA) is 59.7 Å². The van der Waals surface area contributed by atoms with E-state index < -0.39 is 0 Å². The van der Waals surface area contributed by atoms with Gasteiger partial charge in [0.05, 0.1) is 11.6 Å². The average molecular weight is 348 g/mol. The molecule has 6 heteroatoms. The fourth-order valence-electron chi connectivity index (χ4n) is 4.43. The lowest BCUT2D eigenvalue weighted by atomic mass is 10.1. The van der Waals surface area contributed by atoms with Crippen LogP contribution in [0.4, 0.5) is 5.82 Å². The van der Waals surface area contributed by atoms with Gasteiger partial charge in [0.1, 0.15) is 18.0 Å². The first-order valence-electron chi connectivity index (χ1n) is 9.71. The van der Waals surface area contributed by atoms with Gasteiger partial charge in [-0.25, -0.2) is 9.97 Å². The van der Waals surface area contributed by atoms with Crippen LogP contribution < -0.4 is 4.90 Å². The Bertz CT molecular complexity index is 947. The smallest absolute Gasteiger partial charge is 0.155 e. The van der Waals surface area contributed by atoms with E-state index in [2.05, 4.69) is 54.8 Å². The van der Waals surface area contributed by atoms with Crippen LogP contribution in [0.2, 0.25) is 0 Å². The van der Waals surface area contributed by atoms with Crippen molar-refractivity contribution in [3.05, 3.63) is 41.7 Å². The molecule has 6 nitrogen and oxygen atoms in total. The van der Waals surface area contributed by atoms with E-state index in [9.17, 15) is 0 Å². The van der Waals surface area contributed by atoms with Crippen molar-refractivity contribution in [1.29, 1.82) is 0 Å². The van der Waals surface area contributed by atoms with E-state index in [1.54, 1.807) is 6.33 Å². The molecule has 1 unspecified atom stereocenters. The molecule has 26 heavy (non-hydrogen) atoms. The minimum absolute atomic E-state index is 0.257. The Labute approximate surface area is 153 Å². The lowest BCUT2D eigenvalue weighted by Gasteiger charge is -2.26. The molecular weight excluding hydrogens is 324 g/mol. The third-order valence-corrected chi connectivity index (χ3v) is 5.73. The van der Waals surface area contributed by atoms with Crippen molar-refractivity contribution >= 4 is 16.7 Å². The zero-order valence-corrected chi connectivity index (χ0v) is 15.2. The zero-order valence-electron chi connectivity index (χ0n) is 15.2. The maximum Gasteiger partial charge on any atom is 0.155 e. The van der Waals surface area contributed by atoms with Crippen LogP contribution >= 0.6 is 0 Å². The first kappa shape index (κ1) is 15.7. The highest BCUT2D eigenvalue weighted by molar-refractivity contribution is 5.90. The van der Waals surface area contributed by atoms with Crippen molar-refractivity contribution in [1.82, 2.24) is 24.7 Å². The number of nitrogens with zero attached hydrogens (tertiary/aromatic N) is 6. The number of aryl methyl sites for hydroxylation is 2. The molecule has 0 radical (unpaired) electrons. The second-order valence-electron chi connectivity index (χ2n) is 7.51. The molecule has 1 atom stereocenters. The highest BCUT2D eigenvalue weighted by atomic mass is 15.3. The Morgan fingerprint density at radius 3 is 2.92 bits per heavy atom. The van der Waals surface area contributed by atoms with Crippen LogP contribution in [-0.4, -0.2) is 31.3 Å². The molecule has 2 aromatic heterocycles. The minimum atomic E-state index is 0.257. The molecule has 0 aliphatic carbocycles. The SMILES string of the molecule is Cc1ccc2ncnc(N3CCCC3c3nnc4n3CCCCC4)c2c1. The highest BCUT2D eigenvalue weighted by Gasteiger charge is 2.33. The molecular formula is C20H24N6. The number of fused-ring (bicyclic) bond motifs is 2. The molecule has 2 aliphatic heterocycles. The second kappa shape index (κ2) is 6.34. The minimum Gasteiger partial charge on any atom is -0.346 e. The number of hydrogen-bond acceptors (Lipinski definition) is 5. The lowest BCUT2D eigenvalue weighted by molar-refractivity contribution is 0.558. The van der Waals surface area contributed by atoms with Crippen molar-refractivity contribution in [3.63, 3.8) is 0 Å². The fraction of sp³-hybridized carbons (Fsp3) is 0.500. The molecule has 1 aromatic carbocycles. The summed E-state index contributed by atoms with van der Waals surface area (Å²) >= 11 is 0. The molecule has 0 amide bonds. The summed E-state index contributed by atoms with van der Waals surface area (Å²) in [4.78, 5) is 11.6. The van der Waals surface area contributed by atoms with Crippen molar-refractivity contribution in [2.45, 2.75) is 58.0 Å². The van der Waals surface area contributed by atoms with E-state index in [1.807, 2.05) is 0 Å². The molecule has 4 heterocycles. The number of hydrogen-bond donors (Lipinski definition) is 0. The summed E-state index contributed by atoms with van der Waals surface area (Å²) in [5.74, 6) is 3.32. The molecule has 0 saturated carbocycles. The Morgan fingerprint density at radius 2 is 1.96 bits per heavy atom. The summed E-state index contributed by atoms with van der Waals surface area (Å²) in [7, 11) is 0. The molecule has 0 spiro atoms. The standard InChI is InChI=1S/C20H24N6/c1-14-8-9-16-15(12-14)19(22-13-21-16)25-11-5-6-17(25)20-24-23-18-7-3-2-4-10-26(18)20/h8-9,12-13,17H,2-7,10-11H2,1H3. The van der Waals surface area contributed by atoms with Gasteiger partial charge in [0.25, 0.3) is 0 Å². The first-order valence-corrected chi connectivity index (χ1v) is 9.71. The predicted octanol–water partition coefficient (Wildman–Crippen LogP) is 3.60. The molecule has 3 aromatic rings. The van der Waals surface area contributed by atoms with Gasteiger partial charge in [0.15, 0.2) is 5.82 Å². The maximum absolute atomic E-state index is 4.68. The zero-order chi connectivity index (χ0) is 17.5. The van der Waals surface area contributed by atoms with E-state index in [-0.39, 0.29) is 6.04 Å².